The molecule has 78 valence electrons. The van der Waals surface area contributed by atoms with Gasteiger partial charge in [0.15, 0.2) is 0 Å². The van der Waals surface area contributed by atoms with E-state index in [1.54, 1.807) is 0 Å². The van der Waals surface area contributed by atoms with Crippen LogP contribution in [0.2, 0.25) is 0 Å². The van der Waals surface area contributed by atoms with E-state index in [0.717, 1.165) is 17.5 Å². The molecule has 0 saturated heterocycles. The number of fused-ring (bicyclic) bond motifs is 3. The minimum absolute atomic E-state index is 0.135. The Labute approximate surface area is 93.8 Å². The van der Waals surface area contributed by atoms with Crippen LogP contribution in [-0.4, -0.2) is 29.3 Å². The van der Waals surface area contributed by atoms with Crippen LogP contribution in [0.25, 0.3) is 0 Å². The smallest absolute Gasteiger partial charge is 0.254 e. The molecule has 0 radical (unpaired) electrons. The van der Waals surface area contributed by atoms with Crippen LogP contribution in [0.4, 0.5) is 0 Å². The normalized spacial score (nSPS) is 33.1. The van der Waals surface area contributed by atoms with Crippen LogP contribution in [0.1, 0.15) is 28.3 Å². The number of rotatable bonds is 0. The van der Waals surface area contributed by atoms with E-state index in [-0.39, 0.29) is 11.3 Å². The topological polar surface area (TPSA) is 20.3 Å². The van der Waals surface area contributed by atoms with Crippen molar-refractivity contribution in [3.8, 4) is 0 Å². The fraction of sp³-hybridized carbons (Fsp3) is 0.417. The van der Waals surface area contributed by atoms with E-state index in [1.165, 1.54) is 0 Å². The second-order valence-electron chi connectivity index (χ2n) is 4.35. The third-order valence-corrected chi connectivity index (χ3v) is 4.09. The van der Waals surface area contributed by atoms with Crippen LogP contribution in [0, 0.1) is 0 Å². The highest BCUT2D eigenvalue weighted by molar-refractivity contribution is 6.22. The second kappa shape index (κ2) is 2.99. The highest BCUT2D eigenvalue weighted by Crippen LogP contribution is 2.47. The van der Waals surface area contributed by atoms with Gasteiger partial charge in [-0.15, -0.1) is 11.6 Å². The summed E-state index contributed by atoms with van der Waals surface area (Å²) in [6.07, 6.45) is 0.919. The van der Waals surface area contributed by atoms with E-state index < -0.39 is 0 Å². The van der Waals surface area contributed by atoms with Crippen LogP contribution in [0.3, 0.4) is 0 Å². The molecule has 3 atom stereocenters. The number of carbonyl (C=O) groups is 1. The molecule has 0 spiro atoms. The number of likely N-dealkylation sites (N-methyl/N-ethyl adjacent to an activating group) is 1. The van der Waals surface area contributed by atoms with Gasteiger partial charge in [-0.3, -0.25) is 4.79 Å². The molecule has 1 aromatic rings. The second-order valence-corrected chi connectivity index (χ2v) is 4.91. The Balaban J connectivity index is 2.15. The highest BCUT2D eigenvalue weighted by atomic mass is 35.5. The molecule has 1 aromatic carbocycles. The standard InChI is InChI=1S/C12H12ClNO/c1-14-10-6-9(13)11(10)7-4-2-3-5-8(7)12(14)15/h2-5,9-11H,6H2,1H3/t9-,10-,11+/m0/s1. The van der Waals surface area contributed by atoms with Crippen molar-refractivity contribution in [1.82, 2.24) is 4.90 Å². The predicted octanol–water partition coefficient (Wildman–Crippen LogP) is 2.24. The van der Waals surface area contributed by atoms with Crippen LogP contribution in [0.5, 0.6) is 0 Å². The lowest BCUT2D eigenvalue weighted by molar-refractivity contribution is 0.0559. The number of carbonyl (C=O) groups excluding carboxylic acids is 1. The number of halogens is 1. The lowest BCUT2D eigenvalue weighted by Crippen LogP contribution is -2.56. The molecule has 0 N–H and O–H groups in total. The average Bonchev–Trinajstić information content (AvgIpc) is 2.23. The molecule has 1 heterocycles. The molecule has 1 saturated carbocycles. The Hall–Kier alpha value is -1.02. The minimum Gasteiger partial charge on any atom is -0.338 e. The summed E-state index contributed by atoms with van der Waals surface area (Å²) in [6.45, 7) is 0. The van der Waals surface area contributed by atoms with Crippen LogP contribution in [-0.2, 0) is 0 Å². The van der Waals surface area contributed by atoms with Crippen molar-refractivity contribution in [2.24, 2.45) is 0 Å². The van der Waals surface area contributed by atoms with Crippen LogP contribution in [0.15, 0.2) is 24.3 Å². The first-order valence-corrected chi connectivity index (χ1v) is 5.64. The maximum Gasteiger partial charge on any atom is 0.254 e. The molecule has 3 heteroatoms. The molecular weight excluding hydrogens is 210 g/mol. The predicted molar refractivity (Wildman–Crippen MR) is 59.3 cm³/mol. The molecule has 0 unspecified atom stereocenters. The zero-order valence-electron chi connectivity index (χ0n) is 8.48. The molecule has 2 nitrogen and oxygen atoms in total. The summed E-state index contributed by atoms with van der Waals surface area (Å²) < 4.78 is 0. The fourth-order valence-corrected chi connectivity index (χ4v) is 3.18. The number of hydrogen-bond acceptors (Lipinski definition) is 1. The lowest BCUT2D eigenvalue weighted by Gasteiger charge is -2.50. The van der Waals surface area contributed by atoms with Gasteiger partial charge in [0.2, 0.25) is 0 Å². The van der Waals surface area contributed by atoms with Crippen LogP contribution >= 0.6 is 11.6 Å². The van der Waals surface area contributed by atoms with E-state index in [4.69, 9.17) is 11.6 Å². The van der Waals surface area contributed by atoms with E-state index in [1.807, 2.05) is 36.2 Å². The SMILES string of the molecule is CN1C(=O)c2ccccc2[C@@H]2[C@@H](Cl)C[C@@H]21. The molecule has 2 aliphatic rings. The molecule has 15 heavy (non-hydrogen) atoms. The zero-order chi connectivity index (χ0) is 10.6. The van der Waals surface area contributed by atoms with E-state index in [2.05, 4.69) is 0 Å². The van der Waals surface area contributed by atoms with Crippen molar-refractivity contribution in [3.63, 3.8) is 0 Å². The molecule has 0 aromatic heterocycles. The monoisotopic (exact) mass is 221 g/mol. The minimum atomic E-state index is 0.135. The average molecular weight is 222 g/mol. The molecule has 1 aliphatic heterocycles. The molecule has 3 rings (SSSR count). The first-order valence-electron chi connectivity index (χ1n) is 5.20. The van der Waals surface area contributed by atoms with Crippen LogP contribution < -0.4 is 0 Å². The molecule has 0 bridgehead atoms. The largest absolute Gasteiger partial charge is 0.338 e. The van der Waals surface area contributed by atoms with Crippen molar-refractivity contribution in [3.05, 3.63) is 35.4 Å². The summed E-state index contributed by atoms with van der Waals surface area (Å²) in [5, 5.41) is 0.187. The Morgan fingerprint density at radius 1 is 1.40 bits per heavy atom. The molecule has 1 amide bonds. The van der Waals surface area contributed by atoms with Gasteiger partial charge in [0.25, 0.3) is 5.91 Å². The third-order valence-electron chi connectivity index (χ3n) is 3.64. The Kier molecular flexibility index (Phi) is 1.84. The Bertz CT molecular complexity index is 431. The number of nitrogens with zero attached hydrogens (tertiary/aromatic N) is 1. The van der Waals surface area contributed by atoms with Gasteiger partial charge < -0.3 is 4.90 Å². The summed E-state index contributed by atoms with van der Waals surface area (Å²) in [4.78, 5) is 13.8. The van der Waals surface area contributed by atoms with Crippen molar-refractivity contribution < 1.29 is 4.79 Å². The molecular formula is C12H12ClNO. The van der Waals surface area contributed by atoms with Gasteiger partial charge in [0.1, 0.15) is 0 Å². The van der Waals surface area contributed by atoms with Gasteiger partial charge in [-0.25, -0.2) is 0 Å². The Morgan fingerprint density at radius 3 is 2.87 bits per heavy atom. The van der Waals surface area contributed by atoms with E-state index in [9.17, 15) is 4.79 Å². The number of benzene rings is 1. The number of alkyl halides is 1. The van der Waals surface area contributed by atoms with E-state index in [0.29, 0.717) is 12.0 Å². The number of hydrogen-bond donors (Lipinski definition) is 0. The lowest BCUT2D eigenvalue weighted by atomic mass is 9.70. The van der Waals surface area contributed by atoms with Crippen molar-refractivity contribution in [2.45, 2.75) is 23.8 Å². The van der Waals surface area contributed by atoms with Gasteiger partial charge >= 0.3 is 0 Å². The van der Waals surface area contributed by atoms with Gasteiger partial charge in [-0.05, 0) is 18.1 Å². The summed E-state index contributed by atoms with van der Waals surface area (Å²) >= 11 is 6.23. The first-order chi connectivity index (χ1) is 7.20. The summed E-state index contributed by atoms with van der Waals surface area (Å²) in [6, 6.07) is 8.14. The van der Waals surface area contributed by atoms with Crippen molar-refractivity contribution >= 4 is 17.5 Å². The van der Waals surface area contributed by atoms with Gasteiger partial charge in [-0.2, -0.15) is 0 Å². The maximum atomic E-state index is 12.0. The van der Waals surface area contributed by atoms with Gasteiger partial charge in [0.05, 0.1) is 0 Å². The van der Waals surface area contributed by atoms with E-state index >= 15 is 0 Å². The number of amides is 1. The first kappa shape index (κ1) is 9.22. The summed E-state index contributed by atoms with van der Waals surface area (Å²) in [7, 11) is 1.87. The van der Waals surface area contributed by atoms with Crippen molar-refractivity contribution in [1.29, 1.82) is 0 Å². The molecule has 1 fully saturated rings. The zero-order valence-corrected chi connectivity index (χ0v) is 9.24. The molecule has 1 aliphatic carbocycles. The van der Waals surface area contributed by atoms with Gasteiger partial charge in [-0.1, -0.05) is 18.2 Å². The van der Waals surface area contributed by atoms with Gasteiger partial charge in [0, 0.05) is 29.9 Å². The highest BCUT2D eigenvalue weighted by Gasteiger charge is 2.49. The summed E-state index contributed by atoms with van der Waals surface area (Å²) in [5.74, 6) is 0.473. The van der Waals surface area contributed by atoms with Crippen molar-refractivity contribution in [2.75, 3.05) is 7.05 Å². The fourth-order valence-electron chi connectivity index (χ4n) is 2.69. The summed E-state index contributed by atoms with van der Waals surface area (Å²) in [5.41, 5.74) is 1.96. The third kappa shape index (κ3) is 1.08. The Morgan fingerprint density at radius 2 is 2.13 bits per heavy atom. The quantitative estimate of drug-likeness (QED) is 0.616. The maximum absolute atomic E-state index is 12.0.